The van der Waals surface area contributed by atoms with Gasteiger partial charge in [-0.15, -0.1) is 0 Å². The molecular formula is C17H18FN3O6S. The van der Waals surface area contributed by atoms with Crippen molar-refractivity contribution in [2.75, 3.05) is 30.4 Å². The number of anilines is 2. The Morgan fingerprint density at radius 2 is 2.11 bits per heavy atom. The molecule has 2 rings (SSSR count). The number of carbonyl (C=O) groups excluding carboxylic acids is 2. The molecule has 0 atom stereocenters. The van der Waals surface area contributed by atoms with Crippen LogP contribution in [0.1, 0.15) is 23.0 Å². The number of amides is 1. The summed E-state index contributed by atoms with van der Waals surface area (Å²) >= 11 is 1.05. The third-order valence-electron chi connectivity index (χ3n) is 3.55. The van der Waals surface area contributed by atoms with Crippen molar-refractivity contribution < 1.29 is 33.4 Å². The zero-order chi connectivity index (χ0) is 20.7. The Morgan fingerprint density at radius 1 is 1.36 bits per heavy atom. The first-order valence-electron chi connectivity index (χ1n) is 8.13. The number of carbonyl (C=O) groups is 3. The number of nitrogens with one attached hydrogen (secondary N) is 1. The highest BCUT2D eigenvalue weighted by molar-refractivity contribution is 7.17. The van der Waals surface area contributed by atoms with E-state index in [-0.39, 0.29) is 28.7 Å². The van der Waals surface area contributed by atoms with Gasteiger partial charge in [0, 0.05) is 24.8 Å². The van der Waals surface area contributed by atoms with Crippen LogP contribution >= 0.6 is 11.3 Å². The van der Waals surface area contributed by atoms with E-state index in [1.165, 1.54) is 19.4 Å². The number of carboxylic acid groups (broad SMARTS) is 1. The molecule has 150 valence electrons. The monoisotopic (exact) mass is 411 g/mol. The quantitative estimate of drug-likeness (QED) is 0.503. The highest BCUT2D eigenvalue weighted by Crippen LogP contribution is 2.26. The van der Waals surface area contributed by atoms with Gasteiger partial charge in [-0.2, -0.15) is 0 Å². The molecule has 1 amide bonds. The summed E-state index contributed by atoms with van der Waals surface area (Å²) in [6, 6.07) is 3.32. The molecule has 0 saturated heterocycles. The number of hydrogen-bond acceptors (Lipinski definition) is 8. The minimum absolute atomic E-state index is 0.00840. The third-order valence-corrected chi connectivity index (χ3v) is 4.58. The van der Waals surface area contributed by atoms with Gasteiger partial charge in [-0.05, 0) is 19.1 Å². The molecule has 0 aliphatic rings. The summed E-state index contributed by atoms with van der Waals surface area (Å²) in [5.41, 5.74) is 0.00840. The van der Waals surface area contributed by atoms with Gasteiger partial charge in [-0.1, -0.05) is 11.3 Å². The zero-order valence-corrected chi connectivity index (χ0v) is 15.9. The first-order chi connectivity index (χ1) is 13.3. The molecule has 0 unspecified atom stereocenters. The van der Waals surface area contributed by atoms with Crippen LogP contribution in [0.3, 0.4) is 0 Å². The summed E-state index contributed by atoms with van der Waals surface area (Å²) in [5, 5.41) is 11.1. The van der Waals surface area contributed by atoms with Gasteiger partial charge in [0.25, 0.3) is 0 Å². The third kappa shape index (κ3) is 5.64. The number of esters is 2. The molecule has 11 heteroatoms. The molecular weight excluding hydrogens is 393 g/mol. The molecule has 0 saturated carbocycles. The first kappa shape index (κ1) is 21.1. The maximum absolute atomic E-state index is 14.0. The lowest BCUT2D eigenvalue weighted by Gasteiger charge is -2.18. The number of halogens is 1. The van der Waals surface area contributed by atoms with Crippen LogP contribution in [0.2, 0.25) is 0 Å². The fraction of sp³-hybridized carbons (Fsp3) is 0.294. The number of rotatable bonds is 8. The smallest absolute Gasteiger partial charge is 0.409 e. The summed E-state index contributed by atoms with van der Waals surface area (Å²) in [6.45, 7) is 2.81. The van der Waals surface area contributed by atoms with Crippen LogP contribution in [0.15, 0.2) is 24.4 Å². The SMILES string of the molecule is CCN(CCC(=O)OC)c1ncc(C(=O)Oc2ccc(NC(=O)O)cc2F)s1. The van der Waals surface area contributed by atoms with E-state index in [0.717, 1.165) is 23.5 Å². The van der Waals surface area contributed by atoms with Gasteiger partial charge in [0.15, 0.2) is 16.7 Å². The Labute approximate surface area is 163 Å². The topological polar surface area (TPSA) is 118 Å². The van der Waals surface area contributed by atoms with Gasteiger partial charge in [0.1, 0.15) is 4.88 Å². The lowest BCUT2D eigenvalue weighted by molar-refractivity contribution is -0.140. The van der Waals surface area contributed by atoms with Crippen molar-refractivity contribution in [2.24, 2.45) is 0 Å². The van der Waals surface area contributed by atoms with Gasteiger partial charge in [0.05, 0.1) is 19.7 Å². The maximum atomic E-state index is 14.0. The van der Waals surface area contributed by atoms with Crippen LogP contribution in [-0.4, -0.2) is 48.3 Å². The van der Waals surface area contributed by atoms with Crippen LogP contribution in [0.25, 0.3) is 0 Å². The molecule has 28 heavy (non-hydrogen) atoms. The van der Waals surface area contributed by atoms with Gasteiger partial charge >= 0.3 is 18.0 Å². The number of thiazole rings is 1. The largest absolute Gasteiger partial charge is 0.469 e. The lowest BCUT2D eigenvalue weighted by atomic mass is 10.3. The second-order valence-electron chi connectivity index (χ2n) is 5.38. The molecule has 0 aliphatic carbocycles. The zero-order valence-electron chi connectivity index (χ0n) is 15.1. The number of ether oxygens (including phenoxy) is 2. The van der Waals surface area contributed by atoms with Crippen molar-refractivity contribution in [3.05, 3.63) is 35.1 Å². The predicted molar refractivity (Wildman–Crippen MR) is 99.6 cm³/mol. The van der Waals surface area contributed by atoms with Crippen molar-refractivity contribution >= 4 is 40.2 Å². The van der Waals surface area contributed by atoms with Crippen LogP contribution < -0.4 is 15.0 Å². The van der Waals surface area contributed by atoms with E-state index >= 15 is 0 Å². The van der Waals surface area contributed by atoms with Gasteiger partial charge in [-0.25, -0.2) is 19.0 Å². The molecule has 0 spiro atoms. The van der Waals surface area contributed by atoms with E-state index in [1.807, 2.05) is 12.2 Å². The number of nitrogens with zero attached hydrogens (tertiary/aromatic N) is 2. The van der Waals surface area contributed by atoms with Gasteiger partial charge in [-0.3, -0.25) is 10.1 Å². The summed E-state index contributed by atoms with van der Waals surface area (Å²) < 4.78 is 23.6. The molecule has 0 bridgehead atoms. The maximum Gasteiger partial charge on any atom is 0.409 e. The second-order valence-corrected chi connectivity index (χ2v) is 6.39. The summed E-state index contributed by atoms with van der Waals surface area (Å²) in [5.74, 6) is -2.39. The molecule has 1 heterocycles. The Balaban J connectivity index is 2.05. The molecule has 2 aromatic rings. The Kier molecular flexibility index (Phi) is 7.27. The molecule has 0 aliphatic heterocycles. The van der Waals surface area contributed by atoms with E-state index in [2.05, 4.69) is 9.72 Å². The Morgan fingerprint density at radius 3 is 2.71 bits per heavy atom. The van der Waals surface area contributed by atoms with E-state index in [0.29, 0.717) is 18.2 Å². The Bertz CT molecular complexity index is 872. The molecule has 2 N–H and O–H groups in total. The van der Waals surface area contributed by atoms with Gasteiger partial charge < -0.3 is 19.5 Å². The standard InChI is InChI=1S/C17H18FN3O6S/c1-3-21(7-6-14(22)26-2)16-19-9-13(28-16)15(23)27-12-5-4-10(8-11(12)18)20-17(24)25/h4-5,8-9,20H,3,6-7H2,1-2H3,(H,24,25). The second kappa shape index (κ2) is 9.65. The molecule has 1 aromatic heterocycles. The van der Waals surface area contributed by atoms with Crippen LogP contribution in [-0.2, 0) is 9.53 Å². The molecule has 9 nitrogen and oxygen atoms in total. The van der Waals surface area contributed by atoms with E-state index in [4.69, 9.17) is 9.84 Å². The average molecular weight is 411 g/mol. The van der Waals surface area contributed by atoms with Crippen LogP contribution in [0.4, 0.5) is 20.0 Å². The van der Waals surface area contributed by atoms with Crippen molar-refractivity contribution in [1.82, 2.24) is 4.98 Å². The normalized spacial score (nSPS) is 10.2. The molecule has 0 fully saturated rings. The number of methoxy groups -OCH3 is 1. The molecule has 1 aromatic carbocycles. The summed E-state index contributed by atoms with van der Waals surface area (Å²) in [7, 11) is 1.31. The number of benzene rings is 1. The van der Waals surface area contributed by atoms with Crippen molar-refractivity contribution in [2.45, 2.75) is 13.3 Å². The predicted octanol–water partition coefficient (Wildman–Crippen LogP) is 2.98. The van der Waals surface area contributed by atoms with Crippen LogP contribution in [0.5, 0.6) is 5.75 Å². The van der Waals surface area contributed by atoms with Crippen molar-refractivity contribution in [1.29, 1.82) is 0 Å². The molecule has 0 radical (unpaired) electrons. The minimum atomic E-state index is -1.34. The Hall–Kier alpha value is -3.21. The van der Waals surface area contributed by atoms with E-state index in [1.54, 1.807) is 4.90 Å². The van der Waals surface area contributed by atoms with Crippen molar-refractivity contribution in [3.8, 4) is 5.75 Å². The van der Waals surface area contributed by atoms with Crippen molar-refractivity contribution in [3.63, 3.8) is 0 Å². The average Bonchev–Trinajstić information content (AvgIpc) is 3.14. The first-order valence-corrected chi connectivity index (χ1v) is 8.95. The fourth-order valence-corrected chi connectivity index (χ4v) is 3.04. The highest BCUT2D eigenvalue weighted by Gasteiger charge is 2.18. The lowest BCUT2D eigenvalue weighted by Crippen LogP contribution is -2.25. The van der Waals surface area contributed by atoms with E-state index < -0.39 is 17.9 Å². The minimum Gasteiger partial charge on any atom is -0.469 e. The summed E-state index contributed by atoms with van der Waals surface area (Å²) in [6.07, 6.45) is 0.140. The number of hydrogen-bond donors (Lipinski definition) is 2. The van der Waals surface area contributed by atoms with Gasteiger partial charge in [0.2, 0.25) is 0 Å². The number of aromatic nitrogens is 1. The van der Waals surface area contributed by atoms with Crippen LogP contribution in [0, 0.1) is 5.82 Å². The van der Waals surface area contributed by atoms with E-state index in [9.17, 15) is 18.8 Å². The highest BCUT2D eigenvalue weighted by atomic mass is 32.1. The fourth-order valence-electron chi connectivity index (χ4n) is 2.16. The summed E-state index contributed by atoms with van der Waals surface area (Å²) in [4.78, 5) is 40.2.